The van der Waals surface area contributed by atoms with Crippen molar-refractivity contribution in [3.05, 3.63) is 20.7 Å². The molecule has 0 bridgehead atoms. The standard InChI is InChI=1S/C8H11NO2/c10-7-8(11)9(7)6-4-2-1-3-5-6/h6H,1-5H2. The molecule has 1 aromatic rings. The van der Waals surface area contributed by atoms with E-state index in [0.717, 1.165) is 12.8 Å². The SMILES string of the molecule is O=c1c(=O)n1C1CCCCC1. The second kappa shape index (κ2) is 2.32. The molecule has 0 amide bonds. The maximum absolute atomic E-state index is 10.7. The molecule has 11 heavy (non-hydrogen) atoms. The van der Waals surface area contributed by atoms with Crippen LogP contribution in [-0.4, -0.2) is 4.57 Å². The highest BCUT2D eigenvalue weighted by Crippen LogP contribution is 2.26. The van der Waals surface area contributed by atoms with E-state index in [1.54, 1.807) is 0 Å². The highest BCUT2D eigenvalue weighted by molar-refractivity contribution is 4.93. The van der Waals surface area contributed by atoms with Crippen LogP contribution in [0.2, 0.25) is 0 Å². The van der Waals surface area contributed by atoms with Gasteiger partial charge in [-0.15, -0.1) is 0 Å². The minimum Gasteiger partial charge on any atom is -0.263 e. The first-order valence-corrected chi connectivity index (χ1v) is 4.18. The van der Waals surface area contributed by atoms with Crippen molar-refractivity contribution in [1.82, 2.24) is 4.57 Å². The van der Waals surface area contributed by atoms with E-state index in [1.807, 2.05) is 0 Å². The first-order chi connectivity index (χ1) is 5.30. The molecule has 3 heteroatoms. The molecular weight excluding hydrogens is 142 g/mol. The quantitative estimate of drug-likeness (QED) is 0.554. The Labute approximate surface area is 64.3 Å². The highest BCUT2D eigenvalue weighted by atomic mass is 16.2. The molecular formula is C8H11NO2. The molecule has 0 saturated heterocycles. The van der Waals surface area contributed by atoms with Crippen LogP contribution in [0.5, 0.6) is 0 Å². The highest BCUT2D eigenvalue weighted by Gasteiger charge is 2.26. The second-order valence-electron chi connectivity index (χ2n) is 3.27. The van der Waals surface area contributed by atoms with Gasteiger partial charge in [-0.05, 0) is 12.8 Å². The number of aromatic nitrogens is 1. The second-order valence-corrected chi connectivity index (χ2v) is 3.27. The Bertz CT molecular complexity index is 288. The summed E-state index contributed by atoms with van der Waals surface area (Å²) in [5.41, 5.74) is -0.534. The van der Waals surface area contributed by atoms with Crippen LogP contribution in [-0.2, 0) is 0 Å². The lowest BCUT2D eigenvalue weighted by atomic mass is 9.96. The summed E-state index contributed by atoms with van der Waals surface area (Å²) in [5.74, 6) is 0. The van der Waals surface area contributed by atoms with Crippen molar-refractivity contribution < 1.29 is 0 Å². The van der Waals surface area contributed by atoms with E-state index in [1.165, 1.54) is 23.8 Å². The Balaban J connectivity index is 2.11. The summed E-state index contributed by atoms with van der Waals surface area (Å²) in [7, 11) is 0. The van der Waals surface area contributed by atoms with Gasteiger partial charge in [-0.1, -0.05) is 19.3 Å². The molecule has 1 aliphatic carbocycles. The van der Waals surface area contributed by atoms with Gasteiger partial charge in [0.2, 0.25) is 0 Å². The largest absolute Gasteiger partial charge is 0.319 e. The van der Waals surface area contributed by atoms with Gasteiger partial charge in [0.05, 0.1) is 0 Å². The van der Waals surface area contributed by atoms with E-state index in [4.69, 9.17) is 0 Å². The average molecular weight is 153 g/mol. The van der Waals surface area contributed by atoms with Crippen molar-refractivity contribution in [2.24, 2.45) is 0 Å². The van der Waals surface area contributed by atoms with Gasteiger partial charge in [-0.2, -0.15) is 0 Å². The molecule has 1 fully saturated rings. The van der Waals surface area contributed by atoms with Crippen molar-refractivity contribution in [2.75, 3.05) is 0 Å². The number of rotatable bonds is 1. The molecule has 1 saturated carbocycles. The number of nitrogens with zero attached hydrogens (tertiary/aromatic N) is 1. The van der Waals surface area contributed by atoms with Crippen LogP contribution in [0.3, 0.4) is 0 Å². The van der Waals surface area contributed by atoms with Gasteiger partial charge >= 0.3 is 11.1 Å². The van der Waals surface area contributed by atoms with Crippen LogP contribution in [0.15, 0.2) is 9.59 Å². The van der Waals surface area contributed by atoms with Crippen LogP contribution in [0.4, 0.5) is 0 Å². The van der Waals surface area contributed by atoms with Gasteiger partial charge < -0.3 is 0 Å². The van der Waals surface area contributed by atoms with E-state index < -0.39 is 0 Å². The van der Waals surface area contributed by atoms with Crippen LogP contribution in [0.1, 0.15) is 38.1 Å². The van der Waals surface area contributed by atoms with Crippen LogP contribution in [0, 0.1) is 0 Å². The van der Waals surface area contributed by atoms with Crippen molar-refractivity contribution in [3.63, 3.8) is 0 Å². The molecule has 0 aliphatic heterocycles. The van der Waals surface area contributed by atoms with Gasteiger partial charge in [-0.3, -0.25) is 14.2 Å². The third-order valence-electron chi connectivity index (χ3n) is 2.51. The summed E-state index contributed by atoms with van der Waals surface area (Å²) in [6, 6.07) is 0.253. The molecule has 0 aromatic carbocycles. The molecule has 1 heterocycles. The lowest BCUT2D eigenvalue weighted by molar-refractivity contribution is 0.365. The molecule has 1 aromatic heterocycles. The van der Waals surface area contributed by atoms with E-state index in [0.29, 0.717) is 0 Å². The van der Waals surface area contributed by atoms with Crippen molar-refractivity contribution >= 4 is 0 Å². The third kappa shape index (κ3) is 1.04. The first-order valence-electron chi connectivity index (χ1n) is 4.18. The van der Waals surface area contributed by atoms with Crippen molar-refractivity contribution in [1.29, 1.82) is 0 Å². The smallest absolute Gasteiger partial charge is 0.263 e. The Morgan fingerprint density at radius 1 is 1.00 bits per heavy atom. The summed E-state index contributed by atoms with van der Waals surface area (Å²) < 4.78 is 1.42. The predicted octanol–water partition coefficient (Wildman–Crippen LogP) is 0.589. The Morgan fingerprint density at radius 3 is 2.00 bits per heavy atom. The topological polar surface area (TPSA) is 39.1 Å². The monoisotopic (exact) mass is 153 g/mol. The summed E-state index contributed by atoms with van der Waals surface area (Å²) in [6.07, 6.45) is 5.64. The van der Waals surface area contributed by atoms with Gasteiger partial charge in [-0.25, -0.2) is 0 Å². The molecule has 1 aliphatic rings. The van der Waals surface area contributed by atoms with Crippen molar-refractivity contribution in [3.8, 4) is 0 Å². The van der Waals surface area contributed by atoms with E-state index in [-0.39, 0.29) is 17.2 Å². The molecule has 3 nitrogen and oxygen atoms in total. The Hall–Kier alpha value is -0.860. The normalized spacial score (nSPS) is 21.1. The predicted molar refractivity (Wildman–Crippen MR) is 41.5 cm³/mol. The summed E-state index contributed by atoms with van der Waals surface area (Å²) in [6.45, 7) is 0. The van der Waals surface area contributed by atoms with Crippen LogP contribution < -0.4 is 11.1 Å². The third-order valence-corrected chi connectivity index (χ3v) is 2.51. The zero-order valence-corrected chi connectivity index (χ0v) is 6.38. The number of hydrogen-bond acceptors (Lipinski definition) is 2. The van der Waals surface area contributed by atoms with E-state index in [9.17, 15) is 9.59 Å². The molecule has 2 rings (SSSR count). The Kier molecular flexibility index (Phi) is 1.44. The van der Waals surface area contributed by atoms with Gasteiger partial charge in [0.15, 0.2) is 0 Å². The summed E-state index contributed by atoms with van der Waals surface area (Å²) in [4.78, 5) is 21.4. The van der Waals surface area contributed by atoms with Gasteiger partial charge in [0.1, 0.15) is 0 Å². The average Bonchev–Trinajstić information content (AvgIpc) is 2.62. The van der Waals surface area contributed by atoms with E-state index >= 15 is 0 Å². The first kappa shape index (κ1) is 6.83. The molecule has 0 spiro atoms. The fourth-order valence-electron chi connectivity index (χ4n) is 1.82. The Morgan fingerprint density at radius 2 is 1.55 bits per heavy atom. The molecule has 0 N–H and O–H groups in total. The van der Waals surface area contributed by atoms with E-state index in [2.05, 4.69) is 0 Å². The van der Waals surface area contributed by atoms with Crippen LogP contribution >= 0.6 is 0 Å². The summed E-state index contributed by atoms with van der Waals surface area (Å²) in [5, 5.41) is 0. The summed E-state index contributed by atoms with van der Waals surface area (Å²) >= 11 is 0. The van der Waals surface area contributed by atoms with Gasteiger partial charge in [0.25, 0.3) is 0 Å². The van der Waals surface area contributed by atoms with Crippen LogP contribution in [0.25, 0.3) is 0 Å². The molecule has 0 atom stereocenters. The fraction of sp³-hybridized carbons (Fsp3) is 0.750. The lowest BCUT2D eigenvalue weighted by Crippen LogP contribution is -2.11. The maximum Gasteiger partial charge on any atom is 0.319 e. The minimum atomic E-state index is -0.267. The van der Waals surface area contributed by atoms with Gasteiger partial charge in [0, 0.05) is 6.04 Å². The fourth-order valence-corrected chi connectivity index (χ4v) is 1.82. The number of hydrogen-bond donors (Lipinski definition) is 0. The molecule has 0 unspecified atom stereocenters. The zero-order chi connectivity index (χ0) is 7.84. The maximum atomic E-state index is 10.7. The van der Waals surface area contributed by atoms with Crippen molar-refractivity contribution in [2.45, 2.75) is 38.1 Å². The minimum absolute atomic E-state index is 0.253. The zero-order valence-electron chi connectivity index (χ0n) is 6.38. The molecule has 60 valence electrons. The lowest BCUT2D eigenvalue weighted by Gasteiger charge is -2.18. The molecule has 0 radical (unpaired) electrons.